The molecule has 0 saturated heterocycles. The largest absolute Gasteiger partial charge is 0.397 e. The first-order valence-electron chi connectivity index (χ1n) is 4.34. The van der Waals surface area contributed by atoms with Gasteiger partial charge in [-0.05, 0) is 34.5 Å². The molecule has 5 heteroatoms. The van der Waals surface area contributed by atoms with Crippen LogP contribution in [0, 0.1) is 12.7 Å². The molecular weight excluding hydrogens is 261 g/mol. The van der Waals surface area contributed by atoms with Crippen LogP contribution in [0.25, 0.3) is 5.69 Å². The van der Waals surface area contributed by atoms with Crippen molar-refractivity contribution >= 4 is 21.6 Å². The maximum absolute atomic E-state index is 13.3. The molecular formula is C10H9BrFN3. The van der Waals surface area contributed by atoms with Crippen molar-refractivity contribution in [3.8, 4) is 5.69 Å². The molecule has 3 nitrogen and oxygen atoms in total. The Morgan fingerprint density at radius 2 is 2.20 bits per heavy atom. The molecule has 0 unspecified atom stereocenters. The average molecular weight is 270 g/mol. The summed E-state index contributed by atoms with van der Waals surface area (Å²) in [4.78, 5) is 0. The first-order valence-corrected chi connectivity index (χ1v) is 5.13. The summed E-state index contributed by atoms with van der Waals surface area (Å²) in [7, 11) is 0. The van der Waals surface area contributed by atoms with E-state index in [0.29, 0.717) is 15.8 Å². The standard InChI is InChI=1S/C10H9BrFN3/c1-6-4-14-15(5-6)10-3-8(12)7(11)2-9(10)13/h2-5H,13H2,1H3. The van der Waals surface area contributed by atoms with Gasteiger partial charge in [-0.1, -0.05) is 0 Å². The minimum Gasteiger partial charge on any atom is -0.397 e. The molecule has 15 heavy (non-hydrogen) atoms. The normalized spacial score (nSPS) is 10.6. The van der Waals surface area contributed by atoms with E-state index < -0.39 is 0 Å². The van der Waals surface area contributed by atoms with Crippen LogP contribution in [0.15, 0.2) is 29.0 Å². The minimum absolute atomic E-state index is 0.354. The first-order chi connectivity index (χ1) is 7.08. The zero-order valence-corrected chi connectivity index (χ0v) is 9.62. The molecule has 0 aliphatic carbocycles. The zero-order valence-electron chi connectivity index (χ0n) is 8.04. The van der Waals surface area contributed by atoms with Crippen LogP contribution in [0.2, 0.25) is 0 Å². The Balaban J connectivity index is 2.58. The molecule has 0 radical (unpaired) electrons. The summed E-state index contributed by atoms with van der Waals surface area (Å²) >= 11 is 3.07. The lowest BCUT2D eigenvalue weighted by Gasteiger charge is -2.06. The zero-order chi connectivity index (χ0) is 11.0. The molecule has 78 valence electrons. The summed E-state index contributed by atoms with van der Waals surface area (Å²) in [5.74, 6) is -0.354. The first kappa shape index (κ1) is 10.2. The second kappa shape index (κ2) is 3.66. The molecule has 0 bridgehead atoms. The van der Waals surface area contributed by atoms with Gasteiger partial charge in [0.15, 0.2) is 0 Å². The van der Waals surface area contributed by atoms with E-state index in [1.54, 1.807) is 17.1 Å². The van der Waals surface area contributed by atoms with Crippen molar-refractivity contribution in [2.24, 2.45) is 0 Å². The van der Waals surface area contributed by atoms with Gasteiger partial charge in [0.25, 0.3) is 0 Å². The number of anilines is 1. The van der Waals surface area contributed by atoms with E-state index in [2.05, 4.69) is 21.0 Å². The maximum atomic E-state index is 13.3. The molecule has 0 amide bonds. The van der Waals surface area contributed by atoms with E-state index in [1.807, 2.05) is 6.92 Å². The highest BCUT2D eigenvalue weighted by atomic mass is 79.9. The molecule has 1 aromatic carbocycles. The van der Waals surface area contributed by atoms with Crippen LogP contribution in [0.5, 0.6) is 0 Å². The molecule has 0 saturated carbocycles. The lowest BCUT2D eigenvalue weighted by Crippen LogP contribution is -2.01. The lowest BCUT2D eigenvalue weighted by molar-refractivity contribution is 0.619. The van der Waals surface area contributed by atoms with E-state index in [-0.39, 0.29) is 5.82 Å². The highest BCUT2D eigenvalue weighted by Crippen LogP contribution is 2.25. The Morgan fingerprint density at radius 3 is 2.80 bits per heavy atom. The van der Waals surface area contributed by atoms with Gasteiger partial charge in [0.05, 0.1) is 22.0 Å². The summed E-state index contributed by atoms with van der Waals surface area (Å²) in [5, 5.41) is 4.07. The number of nitrogens with two attached hydrogens (primary N) is 1. The number of halogens is 2. The number of nitrogens with zero attached hydrogens (tertiary/aromatic N) is 2. The highest BCUT2D eigenvalue weighted by Gasteiger charge is 2.08. The monoisotopic (exact) mass is 269 g/mol. The SMILES string of the molecule is Cc1cnn(-c2cc(F)c(Br)cc2N)c1. The van der Waals surface area contributed by atoms with Gasteiger partial charge in [-0.25, -0.2) is 9.07 Å². The lowest BCUT2D eigenvalue weighted by atomic mass is 10.2. The second-order valence-electron chi connectivity index (χ2n) is 3.29. The van der Waals surface area contributed by atoms with Gasteiger partial charge in [-0.3, -0.25) is 0 Å². The third kappa shape index (κ3) is 1.87. The summed E-state index contributed by atoms with van der Waals surface area (Å²) < 4.78 is 15.2. The molecule has 2 rings (SSSR count). The van der Waals surface area contributed by atoms with Gasteiger partial charge in [0, 0.05) is 12.3 Å². The van der Waals surface area contributed by atoms with Crippen molar-refractivity contribution in [3.63, 3.8) is 0 Å². The fourth-order valence-corrected chi connectivity index (χ4v) is 1.66. The van der Waals surface area contributed by atoms with Crippen molar-refractivity contribution < 1.29 is 4.39 Å². The van der Waals surface area contributed by atoms with Crippen LogP contribution in [-0.2, 0) is 0 Å². The third-order valence-electron chi connectivity index (χ3n) is 2.03. The Kier molecular flexibility index (Phi) is 2.48. The van der Waals surface area contributed by atoms with Gasteiger partial charge < -0.3 is 5.73 Å². The molecule has 0 aliphatic heterocycles. The summed E-state index contributed by atoms with van der Waals surface area (Å²) in [5.41, 5.74) is 7.80. The van der Waals surface area contributed by atoms with Gasteiger partial charge in [0.1, 0.15) is 5.82 Å². The van der Waals surface area contributed by atoms with Crippen LogP contribution in [0.4, 0.5) is 10.1 Å². The Bertz CT molecular complexity index is 507. The predicted octanol–water partition coefficient (Wildman–Crippen LogP) is 2.66. The fraction of sp³-hybridized carbons (Fsp3) is 0.100. The topological polar surface area (TPSA) is 43.8 Å². The van der Waals surface area contributed by atoms with Gasteiger partial charge in [0.2, 0.25) is 0 Å². The van der Waals surface area contributed by atoms with Gasteiger partial charge in [-0.15, -0.1) is 0 Å². The van der Waals surface area contributed by atoms with E-state index in [4.69, 9.17) is 5.73 Å². The van der Waals surface area contributed by atoms with E-state index in [1.165, 1.54) is 12.1 Å². The molecule has 0 spiro atoms. The van der Waals surface area contributed by atoms with Crippen molar-refractivity contribution in [1.29, 1.82) is 0 Å². The molecule has 0 fully saturated rings. The van der Waals surface area contributed by atoms with Crippen molar-refractivity contribution in [1.82, 2.24) is 9.78 Å². The Hall–Kier alpha value is -1.36. The van der Waals surface area contributed by atoms with Gasteiger partial charge in [-0.2, -0.15) is 5.10 Å². The Labute approximate surface area is 94.8 Å². The van der Waals surface area contributed by atoms with Crippen molar-refractivity contribution in [3.05, 3.63) is 40.4 Å². The van der Waals surface area contributed by atoms with Crippen LogP contribution in [0.1, 0.15) is 5.56 Å². The van der Waals surface area contributed by atoms with Crippen LogP contribution < -0.4 is 5.73 Å². The molecule has 0 aliphatic rings. The molecule has 1 aromatic heterocycles. The van der Waals surface area contributed by atoms with Crippen molar-refractivity contribution in [2.45, 2.75) is 6.92 Å². The van der Waals surface area contributed by atoms with E-state index in [0.717, 1.165) is 5.56 Å². The summed E-state index contributed by atoms with van der Waals surface area (Å²) in [6.07, 6.45) is 3.48. The fourth-order valence-electron chi connectivity index (χ4n) is 1.29. The molecule has 2 N–H and O–H groups in total. The van der Waals surface area contributed by atoms with Crippen molar-refractivity contribution in [2.75, 3.05) is 5.73 Å². The number of benzene rings is 1. The number of aryl methyl sites for hydroxylation is 1. The second-order valence-corrected chi connectivity index (χ2v) is 4.14. The number of hydrogen-bond donors (Lipinski definition) is 1. The number of nitrogen functional groups attached to an aromatic ring is 1. The number of rotatable bonds is 1. The van der Waals surface area contributed by atoms with E-state index >= 15 is 0 Å². The smallest absolute Gasteiger partial charge is 0.139 e. The third-order valence-corrected chi connectivity index (χ3v) is 2.64. The average Bonchev–Trinajstić information content (AvgIpc) is 2.58. The molecule has 0 atom stereocenters. The molecule has 2 aromatic rings. The minimum atomic E-state index is -0.354. The van der Waals surface area contributed by atoms with Crippen LogP contribution in [0.3, 0.4) is 0 Å². The predicted molar refractivity (Wildman–Crippen MR) is 60.4 cm³/mol. The van der Waals surface area contributed by atoms with Crippen LogP contribution >= 0.6 is 15.9 Å². The van der Waals surface area contributed by atoms with Gasteiger partial charge >= 0.3 is 0 Å². The number of hydrogen-bond acceptors (Lipinski definition) is 2. The van der Waals surface area contributed by atoms with E-state index in [9.17, 15) is 4.39 Å². The number of aromatic nitrogens is 2. The summed E-state index contributed by atoms with van der Waals surface area (Å²) in [6, 6.07) is 2.88. The maximum Gasteiger partial charge on any atom is 0.139 e. The van der Waals surface area contributed by atoms with Crippen LogP contribution in [-0.4, -0.2) is 9.78 Å². The highest BCUT2D eigenvalue weighted by molar-refractivity contribution is 9.10. The summed E-state index contributed by atoms with van der Waals surface area (Å²) in [6.45, 7) is 1.91. The Morgan fingerprint density at radius 1 is 1.47 bits per heavy atom. The quantitative estimate of drug-likeness (QED) is 0.809. The molecule has 1 heterocycles.